The molecule has 0 unspecified atom stereocenters. The summed E-state index contributed by atoms with van der Waals surface area (Å²) < 4.78 is 10.7. The van der Waals surface area contributed by atoms with Gasteiger partial charge in [-0.05, 0) is 37.1 Å². The summed E-state index contributed by atoms with van der Waals surface area (Å²) in [5, 5.41) is 6.41. The van der Waals surface area contributed by atoms with Crippen LogP contribution >= 0.6 is 0 Å². The highest BCUT2D eigenvalue weighted by atomic mass is 16.5. The second-order valence-corrected chi connectivity index (χ2v) is 5.61. The van der Waals surface area contributed by atoms with E-state index >= 15 is 0 Å². The van der Waals surface area contributed by atoms with Crippen molar-refractivity contribution in [1.82, 2.24) is 9.97 Å². The number of nitrogens with two attached hydrogens (primary N) is 1. The summed E-state index contributed by atoms with van der Waals surface area (Å²) in [6.07, 6.45) is 4.54. The number of rotatable bonds is 11. The minimum Gasteiger partial charge on any atom is -0.494 e. The van der Waals surface area contributed by atoms with E-state index in [-0.39, 0.29) is 0 Å². The van der Waals surface area contributed by atoms with Gasteiger partial charge in [0.05, 0.1) is 6.61 Å². The number of aromatic nitrogens is 2. The zero-order valence-corrected chi connectivity index (χ0v) is 14.9. The van der Waals surface area contributed by atoms with Crippen molar-refractivity contribution in [1.29, 1.82) is 0 Å². The Hall–Kier alpha value is -2.54. The molecule has 0 saturated carbocycles. The predicted octanol–water partition coefficient (Wildman–Crippen LogP) is 3.43. The summed E-state index contributed by atoms with van der Waals surface area (Å²) in [5.74, 6) is 2.05. The number of nitrogens with zero attached hydrogens (tertiary/aromatic N) is 2. The smallest absolute Gasteiger partial charge is 0.159 e. The largest absolute Gasteiger partial charge is 0.494 e. The van der Waals surface area contributed by atoms with Gasteiger partial charge in [-0.3, -0.25) is 0 Å². The van der Waals surface area contributed by atoms with Gasteiger partial charge in [0.1, 0.15) is 17.8 Å². The number of nitrogen functional groups attached to an aromatic ring is 1. The highest BCUT2D eigenvalue weighted by Crippen LogP contribution is 2.26. The van der Waals surface area contributed by atoms with Crippen LogP contribution in [0.15, 0.2) is 30.6 Å². The van der Waals surface area contributed by atoms with E-state index in [2.05, 4.69) is 27.5 Å². The van der Waals surface area contributed by atoms with Gasteiger partial charge in [-0.25, -0.2) is 9.97 Å². The minimum absolute atomic E-state index is 0.489. The zero-order valence-electron chi connectivity index (χ0n) is 14.9. The van der Waals surface area contributed by atoms with Gasteiger partial charge in [0.15, 0.2) is 11.6 Å². The second-order valence-electron chi connectivity index (χ2n) is 5.61. The van der Waals surface area contributed by atoms with Crippen LogP contribution in [0.25, 0.3) is 0 Å². The summed E-state index contributed by atoms with van der Waals surface area (Å²) in [6, 6.07) is 7.74. The van der Waals surface area contributed by atoms with E-state index in [9.17, 15) is 0 Å². The molecule has 4 N–H and O–H groups in total. The SMILES string of the molecule is CCCCOc1ccc(Nc2ncnc(NCCCOC)c2N)cc1. The molecule has 0 aliphatic rings. The van der Waals surface area contributed by atoms with Crippen LogP contribution in [0.3, 0.4) is 0 Å². The molecule has 1 heterocycles. The number of hydrogen-bond donors (Lipinski definition) is 3. The Balaban J connectivity index is 1.95. The quantitative estimate of drug-likeness (QED) is 0.537. The average molecular weight is 345 g/mol. The third-order valence-electron chi connectivity index (χ3n) is 3.59. The van der Waals surface area contributed by atoms with E-state index in [1.807, 2.05) is 24.3 Å². The van der Waals surface area contributed by atoms with Gasteiger partial charge in [-0.15, -0.1) is 0 Å². The van der Waals surface area contributed by atoms with Gasteiger partial charge >= 0.3 is 0 Å². The van der Waals surface area contributed by atoms with E-state index in [0.29, 0.717) is 23.9 Å². The molecule has 0 atom stereocenters. The monoisotopic (exact) mass is 345 g/mol. The van der Waals surface area contributed by atoms with Crippen molar-refractivity contribution < 1.29 is 9.47 Å². The van der Waals surface area contributed by atoms with E-state index in [1.54, 1.807) is 7.11 Å². The number of nitrogens with one attached hydrogen (secondary N) is 2. The maximum atomic E-state index is 6.15. The third kappa shape index (κ3) is 6.11. The van der Waals surface area contributed by atoms with Crippen molar-refractivity contribution in [2.24, 2.45) is 0 Å². The first-order chi connectivity index (χ1) is 12.2. The molecule has 7 nitrogen and oxygen atoms in total. The molecule has 2 aromatic rings. The summed E-state index contributed by atoms with van der Waals surface area (Å²) >= 11 is 0. The van der Waals surface area contributed by atoms with Crippen LogP contribution in [-0.4, -0.2) is 36.8 Å². The lowest BCUT2D eigenvalue weighted by atomic mass is 10.3. The number of methoxy groups -OCH3 is 1. The van der Waals surface area contributed by atoms with Crippen molar-refractivity contribution in [3.8, 4) is 5.75 Å². The van der Waals surface area contributed by atoms with Crippen molar-refractivity contribution in [2.75, 3.05) is 43.2 Å². The number of ether oxygens (including phenoxy) is 2. The van der Waals surface area contributed by atoms with Gasteiger partial charge in [-0.2, -0.15) is 0 Å². The minimum atomic E-state index is 0.489. The first-order valence-corrected chi connectivity index (χ1v) is 8.57. The average Bonchev–Trinajstić information content (AvgIpc) is 2.63. The van der Waals surface area contributed by atoms with Gasteiger partial charge in [0, 0.05) is 25.9 Å². The Kier molecular flexibility index (Phi) is 7.78. The maximum absolute atomic E-state index is 6.15. The molecule has 0 aliphatic carbocycles. The molecule has 2 rings (SSSR count). The maximum Gasteiger partial charge on any atom is 0.159 e. The molecule has 0 radical (unpaired) electrons. The van der Waals surface area contributed by atoms with Crippen LogP contribution in [0.5, 0.6) is 5.75 Å². The van der Waals surface area contributed by atoms with Crippen LogP contribution < -0.4 is 21.1 Å². The topological polar surface area (TPSA) is 94.3 Å². The Morgan fingerprint density at radius 2 is 1.80 bits per heavy atom. The molecule has 0 fully saturated rings. The molecule has 1 aromatic carbocycles. The number of hydrogen-bond acceptors (Lipinski definition) is 7. The Bertz CT molecular complexity index is 634. The summed E-state index contributed by atoms with van der Waals surface area (Å²) in [4.78, 5) is 8.40. The lowest BCUT2D eigenvalue weighted by Gasteiger charge is -2.13. The molecule has 1 aromatic heterocycles. The van der Waals surface area contributed by atoms with Gasteiger partial charge in [0.2, 0.25) is 0 Å². The lowest BCUT2D eigenvalue weighted by Crippen LogP contribution is -2.10. The summed E-state index contributed by atoms with van der Waals surface area (Å²) in [6.45, 7) is 4.30. The van der Waals surface area contributed by atoms with Crippen LogP contribution in [-0.2, 0) is 4.74 Å². The van der Waals surface area contributed by atoms with E-state index in [1.165, 1.54) is 6.33 Å². The molecule has 0 spiro atoms. The second kappa shape index (κ2) is 10.4. The molecular formula is C18H27N5O2. The van der Waals surface area contributed by atoms with Crippen molar-refractivity contribution in [3.05, 3.63) is 30.6 Å². The fourth-order valence-corrected chi connectivity index (χ4v) is 2.16. The van der Waals surface area contributed by atoms with Gasteiger partial charge in [0.25, 0.3) is 0 Å². The number of anilines is 4. The van der Waals surface area contributed by atoms with E-state index < -0.39 is 0 Å². The molecule has 0 saturated heterocycles. The van der Waals surface area contributed by atoms with Gasteiger partial charge in [-0.1, -0.05) is 13.3 Å². The third-order valence-corrected chi connectivity index (χ3v) is 3.59. The van der Waals surface area contributed by atoms with E-state index in [4.69, 9.17) is 15.2 Å². The molecule has 0 amide bonds. The standard InChI is InChI=1S/C18H27N5O2/c1-3-4-12-25-15-8-6-14(7-9-15)23-18-16(19)17(21-13-22-18)20-10-5-11-24-2/h6-9,13H,3-5,10-12,19H2,1-2H3,(H2,20,21,22,23). The number of benzene rings is 1. The highest BCUT2D eigenvalue weighted by molar-refractivity contribution is 5.77. The Morgan fingerprint density at radius 1 is 1.04 bits per heavy atom. The van der Waals surface area contributed by atoms with Crippen LogP contribution in [0.2, 0.25) is 0 Å². The molecular weight excluding hydrogens is 318 g/mol. The summed E-state index contributed by atoms with van der Waals surface area (Å²) in [7, 11) is 1.68. The van der Waals surface area contributed by atoms with Gasteiger partial charge < -0.3 is 25.8 Å². The molecule has 0 bridgehead atoms. The molecule has 25 heavy (non-hydrogen) atoms. The lowest BCUT2D eigenvalue weighted by molar-refractivity contribution is 0.198. The Labute approximate surface area is 149 Å². The Morgan fingerprint density at radius 3 is 2.52 bits per heavy atom. The van der Waals surface area contributed by atoms with Crippen molar-refractivity contribution >= 4 is 23.0 Å². The molecule has 7 heteroatoms. The van der Waals surface area contributed by atoms with Crippen molar-refractivity contribution in [3.63, 3.8) is 0 Å². The molecule has 136 valence electrons. The van der Waals surface area contributed by atoms with Crippen LogP contribution in [0.1, 0.15) is 26.2 Å². The van der Waals surface area contributed by atoms with E-state index in [0.717, 1.165) is 43.9 Å². The predicted molar refractivity (Wildman–Crippen MR) is 102 cm³/mol. The van der Waals surface area contributed by atoms with Crippen molar-refractivity contribution in [2.45, 2.75) is 26.2 Å². The number of unbranched alkanes of at least 4 members (excludes halogenated alkanes) is 1. The first-order valence-electron chi connectivity index (χ1n) is 8.57. The molecule has 0 aliphatic heterocycles. The first kappa shape index (κ1) is 18.8. The van der Waals surface area contributed by atoms with Crippen LogP contribution in [0, 0.1) is 0 Å². The van der Waals surface area contributed by atoms with Crippen LogP contribution in [0.4, 0.5) is 23.0 Å². The fourth-order valence-electron chi connectivity index (χ4n) is 2.16. The zero-order chi connectivity index (χ0) is 17.9. The summed E-state index contributed by atoms with van der Waals surface area (Å²) in [5.41, 5.74) is 7.53. The fraction of sp³-hybridized carbons (Fsp3) is 0.444. The normalized spacial score (nSPS) is 10.5. The highest BCUT2D eigenvalue weighted by Gasteiger charge is 2.08.